The number of anilines is 2. The summed E-state index contributed by atoms with van der Waals surface area (Å²) < 4.78 is 0. The molecule has 4 nitrogen and oxygen atoms in total. The van der Waals surface area contributed by atoms with Crippen LogP contribution < -0.4 is 15.5 Å². The molecule has 2 heterocycles. The van der Waals surface area contributed by atoms with Gasteiger partial charge in [0.15, 0.2) is 0 Å². The lowest BCUT2D eigenvalue weighted by Gasteiger charge is -2.33. The smallest absolute Gasteiger partial charge is 0.257 e. The number of aryl methyl sites for hydroxylation is 1. The normalized spacial score (nSPS) is 21.3. The van der Waals surface area contributed by atoms with E-state index in [-0.39, 0.29) is 5.91 Å². The third-order valence-corrected chi connectivity index (χ3v) is 5.55. The van der Waals surface area contributed by atoms with Crippen LogP contribution in [0, 0.1) is 6.92 Å². The predicted molar refractivity (Wildman–Crippen MR) is 112 cm³/mol. The second kappa shape index (κ2) is 7.97. The molecule has 4 heteroatoms. The van der Waals surface area contributed by atoms with Gasteiger partial charge >= 0.3 is 0 Å². The van der Waals surface area contributed by atoms with Crippen LogP contribution >= 0.6 is 0 Å². The molecule has 0 aromatic heterocycles. The Morgan fingerprint density at radius 2 is 1.85 bits per heavy atom. The lowest BCUT2D eigenvalue weighted by molar-refractivity contribution is -0.110. The molecule has 1 saturated heterocycles. The van der Waals surface area contributed by atoms with Gasteiger partial charge in [-0.15, -0.1) is 0 Å². The van der Waals surface area contributed by atoms with Gasteiger partial charge in [-0.2, -0.15) is 0 Å². The topological polar surface area (TPSA) is 44.4 Å². The van der Waals surface area contributed by atoms with Gasteiger partial charge in [-0.25, -0.2) is 0 Å². The van der Waals surface area contributed by atoms with Crippen molar-refractivity contribution in [1.82, 2.24) is 5.32 Å². The standard InChI is InChI=1S/C23H27N3O/c1-17-8-7-12-21-22(17)20(23(27)25-21)16-26(18-9-3-2-4-10-18)19-11-5-6-14-24-15-13-19/h2-4,7-10,12,16,19,24H,5-6,11,13-15H2,1H3,(H,25,27)/b20-16-. The van der Waals surface area contributed by atoms with E-state index >= 15 is 0 Å². The van der Waals surface area contributed by atoms with Crippen LogP contribution in [-0.2, 0) is 4.79 Å². The fourth-order valence-corrected chi connectivity index (χ4v) is 4.13. The van der Waals surface area contributed by atoms with Crippen molar-refractivity contribution in [3.63, 3.8) is 0 Å². The van der Waals surface area contributed by atoms with E-state index in [2.05, 4.69) is 59.0 Å². The molecule has 1 amide bonds. The van der Waals surface area contributed by atoms with Crippen molar-refractivity contribution >= 4 is 22.9 Å². The molecule has 4 rings (SSSR count). The third kappa shape index (κ3) is 3.76. The summed E-state index contributed by atoms with van der Waals surface area (Å²) in [5.74, 6) is -0.01000. The molecule has 1 fully saturated rings. The lowest BCUT2D eigenvalue weighted by atomic mass is 9.99. The first kappa shape index (κ1) is 17.8. The molecule has 140 valence electrons. The van der Waals surface area contributed by atoms with E-state index in [1.807, 2.05) is 18.2 Å². The quantitative estimate of drug-likeness (QED) is 0.800. The molecule has 0 aliphatic carbocycles. The maximum Gasteiger partial charge on any atom is 0.257 e. The van der Waals surface area contributed by atoms with Crippen LogP contribution in [0.15, 0.2) is 54.7 Å². The van der Waals surface area contributed by atoms with E-state index in [0.717, 1.165) is 54.0 Å². The highest BCUT2D eigenvalue weighted by molar-refractivity contribution is 6.32. The van der Waals surface area contributed by atoms with Crippen molar-refractivity contribution in [3.05, 3.63) is 65.9 Å². The number of hydrogen-bond acceptors (Lipinski definition) is 3. The molecule has 27 heavy (non-hydrogen) atoms. The van der Waals surface area contributed by atoms with Crippen molar-refractivity contribution in [2.75, 3.05) is 23.3 Å². The Bertz CT molecular complexity index is 836. The minimum absolute atomic E-state index is 0.01000. The zero-order chi connectivity index (χ0) is 18.6. The van der Waals surface area contributed by atoms with Gasteiger partial charge in [0, 0.05) is 29.2 Å². The molecule has 0 saturated carbocycles. The number of amides is 1. The SMILES string of the molecule is Cc1cccc2c1/C(=C/N(c1ccccc1)C1CCCCNCC1)C(=O)N2. The molecule has 0 bridgehead atoms. The lowest BCUT2D eigenvalue weighted by Crippen LogP contribution is -2.36. The molecule has 0 spiro atoms. The van der Waals surface area contributed by atoms with Crippen LogP contribution in [0.2, 0.25) is 0 Å². The highest BCUT2D eigenvalue weighted by Gasteiger charge is 2.28. The average Bonchev–Trinajstić information content (AvgIpc) is 2.97. The summed E-state index contributed by atoms with van der Waals surface area (Å²) in [5, 5.41) is 6.55. The number of rotatable bonds is 3. The van der Waals surface area contributed by atoms with E-state index in [0.29, 0.717) is 6.04 Å². The number of nitrogens with one attached hydrogen (secondary N) is 2. The average molecular weight is 361 g/mol. The number of fused-ring (bicyclic) bond motifs is 1. The van der Waals surface area contributed by atoms with Gasteiger partial charge in [0.2, 0.25) is 0 Å². The van der Waals surface area contributed by atoms with E-state index in [4.69, 9.17) is 0 Å². The van der Waals surface area contributed by atoms with Crippen LogP contribution in [0.3, 0.4) is 0 Å². The molecule has 2 aliphatic rings. The Morgan fingerprint density at radius 3 is 2.70 bits per heavy atom. The molecule has 1 unspecified atom stereocenters. The number of benzene rings is 2. The number of para-hydroxylation sites is 1. The van der Waals surface area contributed by atoms with Gasteiger partial charge in [-0.3, -0.25) is 4.79 Å². The van der Waals surface area contributed by atoms with Gasteiger partial charge in [0.25, 0.3) is 5.91 Å². The second-order valence-electron chi connectivity index (χ2n) is 7.43. The molecular weight excluding hydrogens is 334 g/mol. The molecular formula is C23H27N3O. The van der Waals surface area contributed by atoms with E-state index in [9.17, 15) is 4.79 Å². The fraction of sp³-hybridized carbons (Fsp3) is 0.348. The van der Waals surface area contributed by atoms with Gasteiger partial charge in [0.05, 0.1) is 5.57 Å². The highest BCUT2D eigenvalue weighted by atomic mass is 16.2. The second-order valence-corrected chi connectivity index (χ2v) is 7.43. The predicted octanol–water partition coefficient (Wildman–Crippen LogP) is 4.33. The maximum atomic E-state index is 12.7. The fourth-order valence-electron chi connectivity index (χ4n) is 4.13. The Morgan fingerprint density at radius 1 is 1.00 bits per heavy atom. The summed E-state index contributed by atoms with van der Waals surface area (Å²) in [6, 6.07) is 16.9. The van der Waals surface area contributed by atoms with Gasteiger partial charge in [0.1, 0.15) is 0 Å². The largest absolute Gasteiger partial charge is 0.344 e. The minimum Gasteiger partial charge on any atom is -0.344 e. The van der Waals surface area contributed by atoms with Crippen LogP contribution in [0.5, 0.6) is 0 Å². The summed E-state index contributed by atoms with van der Waals surface area (Å²) in [6.45, 7) is 4.19. The van der Waals surface area contributed by atoms with Crippen LogP contribution in [0.1, 0.15) is 36.8 Å². The summed E-state index contributed by atoms with van der Waals surface area (Å²) in [7, 11) is 0. The summed E-state index contributed by atoms with van der Waals surface area (Å²) in [5.41, 5.74) is 4.99. The number of nitrogens with zero attached hydrogens (tertiary/aromatic N) is 1. The maximum absolute atomic E-state index is 12.7. The number of carbonyl (C=O) groups excluding carboxylic acids is 1. The minimum atomic E-state index is -0.01000. The Kier molecular flexibility index (Phi) is 5.26. The zero-order valence-corrected chi connectivity index (χ0v) is 15.9. The first-order chi connectivity index (χ1) is 13.2. The number of carbonyl (C=O) groups is 1. The Hall–Kier alpha value is -2.59. The van der Waals surface area contributed by atoms with Crippen LogP contribution in [0.25, 0.3) is 5.57 Å². The highest BCUT2D eigenvalue weighted by Crippen LogP contribution is 2.36. The van der Waals surface area contributed by atoms with Gasteiger partial charge < -0.3 is 15.5 Å². The molecule has 0 radical (unpaired) electrons. The molecule has 2 aromatic carbocycles. The molecule has 2 aliphatic heterocycles. The summed E-state index contributed by atoms with van der Waals surface area (Å²) >= 11 is 0. The van der Waals surface area contributed by atoms with Crippen LogP contribution in [-0.4, -0.2) is 25.0 Å². The zero-order valence-electron chi connectivity index (χ0n) is 15.9. The molecule has 2 aromatic rings. The first-order valence-electron chi connectivity index (χ1n) is 9.91. The van der Waals surface area contributed by atoms with Crippen molar-refractivity contribution in [3.8, 4) is 0 Å². The Labute approximate surface area is 161 Å². The van der Waals surface area contributed by atoms with Crippen LogP contribution in [0.4, 0.5) is 11.4 Å². The van der Waals surface area contributed by atoms with Gasteiger partial charge in [-0.1, -0.05) is 36.8 Å². The van der Waals surface area contributed by atoms with Crippen molar-refractivity contribution < 1.29 is 4.79 Å². The van der Waals surface area contributed by atoms with Crippen molar-refractivity contribution in [1.29, 1.82) is 0 Å². The molecule has 1 atom stereocenters. The van der Waals surface area contributed by atoms with E-state index in [1.165, 1.54) is 12.8 Å². The van der Waals surface area contributed by atoms with E-state index in [1.54, 1.807) is 0 Å². The summed E-state index contributed by atoms with van der Waals surface area (Å²) in [6.07, 6.45) is 6.70. The monoisotopic (exact) mass is 361 g/mol. The summed E-state index contributed by atoms with van der Waals surface area (Å²) in [4.78, 5) is 15.1. The van der Waals surface area contributed by atoms with Gasteiger partial charge in [-0.05, 0) is 63.0 Å². The first-order valence-corrected chi connectivity index (χ1v) is 9.91. The third-order valence-electron chi connectivity index (χ3n) is 5.55. The number of hydrogen-bond donors (Lipinski definition) is 2. The Balaban J connectivity index is 1.76. The van der Waals surface area contributed by atoms with Crippen molar-refractivity contribution in [2.24, 2.45) is 0 Å². The van der Waals surface area contributed by atoms with E-state index < -0.39 is 0 Å². The molecule has 2 N–H and O–H groups in total. The van der Waals surface area contributed by atoms with Crippen molar-refractivity contribution in [2.45, 2.75) is 38.6 Å².